The Hall–Kier alpha value is -13.9. The van der Waals surface area contributed by atoms with Gasteiger partial charge in [0.25, 0.3) is 23.6 Å². The van der Waals surface area contributed by atoms with Crippen molar-refractivity contribution in [3.05, 3.63) is 323 Å². The zero-order chi connectivity index (χ0) is 89.5. The molecule has 8 unspecified atom stereocenters. The van der Waals surface area contributed by atoms with Gasteiger partial charge in [-0.25, -0.2) is 9.97 Å². The first-order valence-corrected chi connectivity index (χ1v) is 42.3. The highest BCUT2D eigenvalue weighted by Gasteiger charge is 2.33. The third-order valence-electron chi connectivity index (χ3n) is 19.8. The number of methoxy groups -OCH3 is 4. The molecule has 4 amide bonds. The average Bonchev–Trinajstić information content (AvgIpc) is 1.59. The van der Waals surface area contributed by atoms with E-state index in [2.05, 4.69) is 76.9 Å². The number of nitrogens with one attached hydrogen (secondary N) is 4. The second-order valence-electron chi connectivity index (χ2n) is 28.7. The van der Waals surface area contributed by atoms with Crippen molar-refractivity contribution in [2.75, 3.05) is 28.4 Å². The smallest absolute Gasteiger partial charge is 0.311 e. The van der Waals surface area contributed by atoms with Gasteiger partial charge >= 0.3 is 23.9 Å². The van der Waals surface area contributed by atoms with Gasteiger partial charge in [-0.1, -0.05) is 117 Å². The molecule has 0 bridgehead atoms. The third kappa shape index (κ3) is 27.0. The summed E-state index contributed by atoms with van der Waals surface area (Å²) in [6, 6.07) is 55.8. The monoisotopic (exact) mass is 1740 g/mol. The maximum absolute atomic E-state index is 12.8. The van der Waals surface area contributed by atoms with Crippen LogP contribution in [0, 0.1) is 23.7 Å². The van der Waals surface area contributed by atoms with Crippen LogP contribution in [0.5, 0.6) is 0 Å². The van der Waals surface area contributed by atoms with Crippen molar-refractivity contribution in [2.24, 2.45) is 46.6 Å². The molecule has 0 spiro atoms. The van der Waals surface area contributed by atoms with E-state index < -0.39 is 59.8 Å². The Morgan fingerprint density at radius 2 is 0.750 bits per heavy atom. The van der Waals surface area contributed by atoms with Gasteiger partial charge in [-0.05, 0) is 212 Å². The molecule has 8 atom stereocenters. The standard InChI is InChI=1S/2C24H25N3O3S.2C23H24N4O3S/c1-15(25)18-8-6-7-17(13-18)14-19(24(29)30-3)16(2)27-23(28)22-11-10-21(31-22)20-9-4-5-12-26-20;1-15(25)19-6-4-5-17(13-19)14-20(24(29)30-3)16(2)27-23(28)22-8-7-21(31-22)18-9-11-26-12-10-18;1-14(24)19-6-4-5-16(11-19)12-20(23(29)30-3)15(2)27-21(28)17-7-9-18(10-8-17)22-25-13-26-31-22;1-14(24)18-6-4-5-16(11-18)12-19(23(29)30-3)15(2)26-21(28)20-13-31-22(27-20)17-7-9-25-10-8-17/h4-13,16,19H,1,14,25H2,2-3H3,(H,27,28);4-13,16,20H,1,14,25H2,2-3H3,(H,27,28);4-11,13,15,20H,1,12,24H2,2-3H3,(H,27,28);4-11,13,15,19H,1,12,24H2,2-3H3,(H,26,28). The minimum atomic E-state index is -0.575. The molecule has 0 aliphatic heterocycles. The van der Waals surface area contributed by atoms with Crippen LogP contribution in [0.15, 0.2) is 257 Å². The molecule has 0 saturated heterocycles. The fourth-order valence-corrected chi connectivity index (χ4v) is 16.0. The molecule has 5 aromatic carbocycles. The lowest BCUT2D eigenvalue weighted by molar-refractivity contribution is -0.147. The maximum atomic E-state index is 12.8. The van der Waals surface area contributed by atoms with Crippen molar-refractivity contribution < 1.29 is 57.3 Å². The van der Waals surface area contributed by atoms with Crippen LogP contribution in [-0.2, 0) is 63.8 Å². The van der Waals surface area contributed by atoms with Crippen LogP contribution in [0.1, 0.15) is 112 Å². The normalized spacial score (nSPS) is 12.6. The van der Waals surface area contributed by atoms with Gasteiger partial charge in [0.2, 0.25) is 0 Å². The van der Waals surface area contributed by atoms with E-state index in [0.717, 1.165) is 86.7 Å². The Balaban J connectivity index is 0.000000187. The lowest BCUT2D eigenvalue weighted by Gasteiger charge is -2.23. The van der Waals surface area contributed by atoms with Crippen LogP contribution in [-0.4, -0.2) is 129 Å². The van der Waals surface area contributed by atoms with E-state index >= 15 is 0 Å². The quantitative estimate of drug-likeness (QED) is 0.0143. The summed E-state index contributed by atoms with van der Waals surface area (Å²) in [5.74, 6) is -4.87. The van der Waals surface area contributed by atoms with E-state index in [9.17, 15) is 38.4 Å². The topological polar surface area (TPSA) is 403 Å². The summed E-state index contributed by atoms with van der Waals surface area (Å²) in [5, 5.41) is 14.9. The van der Waals surface area contributed by atoms with Crippen molar-refractivity contribution in [1.82, 2.24) is 50.6 Å². The fourth-order valence-electron chi connectivity index (χ4n) is 12.9. The summed E-state index contributed by atoms with van der Waals surface area (Å²) < 4.78 is 23.9. The van der Waals surface area contributed by atoms with Crippen LogP contribution >= 0.6 is 45.5 Å². The Morgan fingerprint density at radius 3 is 1.12 bits per heavy atom. The predicted molar refractivity (Wildman–Crippen MR) is 489 cm³/mol. The number of hydrogen-bond acceptors (Lipinski definition) is 26. The highest BCUT2D eigenvalue weighted by molar-refractivity contribution is 7.17. The summed E-state index contributed by atoms with van der Waals surface area (Å²) in [6.07, 6.45) is 11.6. The average molecular weight is 1740 g/mol. The number of benzene rings is 5. The number of pyridine rings is 3. The third-order valence-corrected chi connectivity index (χ3v) is 23.7. The van der Waals surface area contributed by atoms with E-state index in [1.807, 2.05) is 171 Å². The number of thiophene rings is 2. The van der Waals surface area contributed by atoms with Gasteiger partial charge in [-0.2, -0.15) is 4.37 Å². The first kappa shape index (κ1) is 93.9. The van der Waals surface area contributed by atoms with Crippen molar-refractivity contribution in [2.45, 2.75) is 77.5 Å². The Labute approximate surface area is 736 Å². The van der Waals surface area contributed by atoms with Gasteiger partial charge in [0.1, 0.15) is 22.0 Å². The molecule has 12 N–H and O–H groups in total. The maximum Gasteiger partial charge on any atom is 0.311 e. The second kappa shape index (κ2) is 46.2. The van der Waals surface area contributed by atoms with E-state index in [0.29, 0.717) is 69.5 Å². The van der Waals surface area contributed by atoms with Crippen LogP contribution in [0.3, 0.4) is 0 Å². The Kier molecular flexibility index (Phi) is 35.0. The van der Waals surface area contributed by atoms with Gasteiger partial charge in [-0.15, -0.1) is 34.0 Å². The molecule has 7 aromatic heterocycles. The number of nitrogens with zero attached hydrogens (tertiary/aromatic N) is 6. The second-order valence-corrected chi connectivity index (χ2v) is 32.5. The molecule has 0 fully saturated rings. The van der Waals surface area contributed by atoms with Gasteiger partial charge < -0.3 is 63.1 Å². The molecule has 26 nitrogen and oxygen atoms in total. The van der Waals surface area contributed by atoms with E-state index in [4.69, 9.17) is 41.9 Å². The zero-order valence-electron chi connectivity index (χ0n) is 69.7. The fraction of sp³-hybridized carbons (Fsp3) is 0.213. The van der Waals surface area contributed by atoms with Gasteiger partial charge in [0, 0.05) is 105 Å². The molecule has 0 aliphatic rings. The molecule has 30 heteroatoms. The molecule has 0 radical (unpaired) electrons. The highest BCUT2D eigenvalue weighted by Crippen LogP contribution is 2.32. The summed E-state index contributed by atoms with van der Waals surface area (Å²) in [5.41, 5.74) is 36.2. The Bertz CT molecular complexity index is 5280. The van der Waals surface area contributed by atoms with Crippen LogP contribution in [0.2, 0.25) is 0 Å². The first-order chi connectivity index (χ1) is 59.5. The molecule has 7 heterocycles. The molecule has 12 rings (SSSR count). The van der Waals surface area contributed by atoms with Gasteiger partial charge in [-0.3, -0.25) is 53.3 Å². The summed E-state index contributed by atoms with van der Waals surface area (Å²) in [6.45, 7) is 22.2. The number of carbonyl (C=O) groups excluding carboxylic acids is 8. The molecular weight excluding hydrogens is 1650 g/mol. The summed E-state index contributed by atoms with van der Waals surface area (Å²) in [4.78, 5) is 125. The minimum Gasteiger partial charge on any atom is -0.469 e. The van der Waals surface area contributed by atoms with Crippen molar-refractivity contribution in [3.63, 3.8) is 0 Å². The minimum absolute atomic E-state index is 0.226. The first-order valence-electron chi connectivity index (χ1n) is 39.0. The highest BCUT2D eigenvalue weighted by atomic mass is 32.1. The van der Waals surface area contributed by atoms with Gasteiger partial charge in [0.15, 0.2) is 0 Å². The lowest BCUT2D eigenvalue weighted by Crippen LogP contribution is -2.42. The number of carbonyl (C=O) groups is 8. The number of ether oxygens (including phenoxy) is 4. The molecule has 124 heavy (non-hydrogen) atoms. The number of hydrogen-bond donors (Lipinski definition) is 8. The van der Waals surface area contributed by atoms with E-state index in [1.165, 1.54) is 80.3 Å². The molecule has 12 aromatic rings. The van der Waals surface area contributed by atoms with Crippen LogP contribution < -0.4 is 44.2 Å². The molecule has 0 aliphatic carbocycles. The van der Waals surface area contributed by atoms with E-state index in [1.54, 1.807) is 81.4 Å². The van der Waals surface area contributed by atoms with Crippen LogP contribution in [0.4, 0.5) is 0 Å². The molecular formula is C94H98N14O12S4. The Morgan fingerprint density at radius 1 is 0.379 bits per heavy atom. The van der Waals surface area contributed by atoms with Crippen molar-refractivity contribution in [3.8, 4) is 42.2 Å². The largest absolute Gasteiger partial charge is 0.469 e. The zero-order valence-corrected chi connectivity index (χ0v) is 73.0. The SMILES string of the molecule is C=C(N)c1cccc(CC(C(=O)OC)C(C)NC(=O)c2ccc(-c3ccccn3)s2)c1.C=C(N)c1cccc(CC(C(=O)OC)C(C)NC(=O)c2ccc(-c3ccncc3)s2)c1.C=C(N)c1cccc(CC(C(=O)OC)C(C)NC(=O)c2ccc(-c3ncns3)cc2)c1.C=C(N)c1cccc(CC(C(=O)OC)C(C)NC(=O)c2csc(-c3ccncc3)n2)c1. The predicted octanol–water partition coefficient (Wildman–Crippen LogP) is 14.3. The van der Waals surface area contributed by atoms with E-state index in [-0.39, 0.29) is 35.6 Å². The number of rotatable bonds is 32. The molecule has 640 valence electrons. The number of esters is 4. The number of nitrogens with two attached hydrogens (primary N) is 4. The summed E-state index contributed by atoms with van der Waals surface area (Å²) >= 11 is 5.41. The number of amides is 4. The van der Waals surface area contributed by atoms with Crippen molar-refractivity contribution >= 4 is 116 Å². The van der Waals surface area contributed by atoms with Crippen molar-refractivity contribution in [1.29, 1.82) is 0 Å². The van der Waals surface area contributed by atoms with Gasteiger partial charge in [0.05, 0.1) is 72.4 Å². The number of thiazole rings is 1. The molecule has 0 saturated carbocycles. The summed E-state index contributed by atoms with van der Waals surface area (Å²) in [7, 11) is 5.38. The lowest BCUT2D eigenvalue weighted by atomic mass is 9.92. The van der Waals surface area contributed by atoms with Crippen LogP contribution in [0.25, 0.3) is 64.9 Å². The number of aromatic nitrogens is 6.